The van der Waals surface area contributed by atoms with Crippen LogP contribution in [-0.2, 0) is 12.3 Å². The summed E-state index contributed by atoms with van der Waals surface area (Å²) in [6.45, 7) is 6.82. The Morgan fingerprint density at radius 3 is 2.84 bits per heavy atom. The smallest absolute Gasteiger partial charge is 0.0762 e. The van der Waals surface area contributed by atoms with Crippen LogP contribution in [0.5, 0.6) is 0 Å². The average Bonchev–Trinajstić information content (AvgIpc) is 2.77. The Hall–Kier alpha value is -1.26. The van der Waals surface area contributed by atoms with Gasteiger partial charge in [0.15, 0.2) is 0 Å². The molecule has 1 aromatic carbocycles. The van der Waals surface area contributed by atoms with Gasteiger partial charge in [0.1, 0.15) is 0 Å². The Morgan fingerprint density at radius 1 is 1.37 bits per heavy atom. The molecule has 0 amide bonds. The van der Waals surface area contributed by atoms with Gasteiger partial charge in [-0.1, -0.05) is 12.1 Å². The Balaban J connectivity index is 2.07. The fourth-order valence-corrected chi connectivity index (χ4v) is 2.95. The van der Waals surface area contributed by atoms with Crippen molar-refractivity contribution in [2.45, 2.75) is 44.1 Å². The Morgan fingerprint density at radius 2 is 2.16 bits per heavy atom. The van der Waals surface area contributed by atoms with Crippen LogP contribution in [0.3, 0.4) is 0 Å². The topological polar surface area (TPSA) is 38.0 Å². The fourth-order valence-electron chi connectivity index (χ4n) is 2.01. The van der Waals surface area contributed by atoms with Gasteiger partial charge in [0, 0.05) is 22.9 Å². The molecule has 0 aliphatic heterocycles. The van der Waals surface area contributed by atoms with E-state index in [0.29, 0.717) is 0 Å². The Bertz CT molecular complexity index is 549. The molecule has 3 nitrogen and oxygen atoms in total. The number of benzene rings is 1. The number of aromatic nitrogens is 2. The lowest BCUT2D eigenvalue weighted by molar-refractivity contribution is 0.199. The molecule has 0 saturated heterocycles. The van der Waals surface area contributed by atoms with Gasteiger partial charge in [0.05, 0.1) is 11.8 Å². The van der Waals surface area contributed by atoms with Crippen molar-refractivity contribution in [1.29, 1.82) is 0 Å². The monoisotopic (exact) mass is 276 g/mol. The zero-order valence-corrected chi connectivity index (χ0v) is 12.4. The molecule has 102 valence electrons. The normalized spacial score (nSPS) is 12.6. The number of nitrogens with zero attached hydrogens (tertiary/aromatic N) is 2. The molecule has 2 rings (SSSR count). The molecule has 2 aromatic rings. The maximum Gasteiger partial charge on any atom is 0.0762 e. The van der Waals surface area contributed by atoms with Crippen LogP contribution in [0.4, 0.5) is 0 Å². The molecule has 0 radical (unpaired) electrons. The second-order valence-corrected chi connectivity index (χ2v) is 5.68. The predicted octanol–water partition coefficient (Wildman–Crippen LogP) is 3.56. The highest BCUT2D eigenvalue weighted by Crippen LogP contribution is 2.25. The van der Waals surface area contributed by atoms with E-state index in [1.165, 1.54) is 10.6 Å². The van der Waals surface area contributed by atoms with Gasteiger partial charge in [-0.2, -0.15) is 5.10 Å². The minimum absolute atomic E-state index is 0.413. The molecule has 0 aliphatic rings. The molecular formula is C15H20N2OS. The van der Waals surface area contributed by atoms with E-state index in [4.69, 9.17) is 0 Å². The minimum atomic E-state index is -0.413. The summed E-state index contributed by atoms with van der Waals surface area (Å²) in [5.74, 6) is 0.901. The standard InChI is InChI=1S/C15H20N2OS/c1-4-17-14(8-11(2)16-17)10-19-15-7-5-6-13(9-15)12(3)18/h5-9,12,18H,4,10H2,1-3H3. The molecular weight excluding hydrogens is 256 g/mol. The van der Waals surface area contributed by atoms with Crippen molar-refractivity contribution in [2.75, 3.05) is 0 Å². The molecule has 0 fully saturated rings. The van der Waals surface area contributed by atoms with Crippen molar-refractivity contribution in [2.24, 2.45) is 0 Å². The number of aliphatic hydroxyl groups excluding tert-OH is 1. The number of hydrogen-bond acceptors (Lipinski definition) is 3. The van der Waals surface area contributed by atoms with Gasteiger partial charge in [-0.3, -0.25) is 4.68 Å². The highest BCUT2D eigenvalue weighted by atomic mass is 32.2. The lowest BCUT2D eigenvalue weighted by Gasteiger charge is -2.08. The van der Waals surface area contributed by atoms with Gasteiger partial charge >= 0.3 is 0 Å². The summed E-state index contributed by atoms with van der Waals surface area (Å²) >= 11 is 1.78. The summed E-state index contributed by atoms with van der Waals surface area (Å²) in [6, 6.07) is 10.2. The van der Waals surface area contributed by atoms with Crippen molar-refractivity contribution >= 4 is 11.8 Å². The van der Waals surface area contributed by atoms with Crippen molar-refractivity contribution in [3.8, 4) is 0 Å². The SMILES string of the molecule is CCn1nc(C)cc1CSc1cccc(C(C)O)c1. The summed E-state index contributed by atoms with van der Waals surface area (Å²) in [5, 5.41) is 14.0. The van der Waals surface area contributed by atoms with Gasteiger partial charge in [0.2, 0.25) is 0 Å². The van der Waals surface area contributed by atoms with Crippen LogP contribution in [0.25, 0.3) is 0 Å². The summed E-state index contributed by atoms with van der Waals surface area (Å²) in [5.41, 5.74) is 3.27. The third-order valence-electron chi connectivity index (χ3n) is 3.01. The Kier molecular flexibility index (Phi) is 4.66. The van der Waals surface area contributed by atoms with E-state index in [1.807, 2.05) is 23.7 Å². The average molecular weight is 276 g/mol. The van der Waals surface area contributed by atoms with Crippen LogP contribution in [0.15, 0.2) is 35.2 Å². The lowest BCUT2D eigenvalue weighted by Crippen LogP contribution is -2.01. The second-order valence-electron chi connectivity index (χ2n) is 4.63. The van der Waals surface area contributed by atoms with Crippen molar-refractivity contribution in [3.63, 3.8) is 0 Å². The van der Waals surface area contributed by atoms with E-state index in [2.05, 4.69) is 30.2 Å². The van der Waals surface area contributed by atoms with Gasteiger partial charge in [0.25, 0.3) is 0 Å². The van der Waals surface area contributed by atoms with E-state index in [1.54, 1.807) is 18.7 Å². The third-order valence-corrected chi connectivity index (χ3v) is 4.04. The maximum atomic E-state index is 9.60. The minimum Gasteiger partial charge on any atom is -0.389 e. The molecule has 0 bridgehead atoms. The molecule has 19 heavy (non-hydrogen) atoms. The highest BCUT2D eigenvalue weighted by molar-refractivity contribution is 7.98. The summed E-state index contributed by atoms with van der Waals surface area (Å²) in [4.78, 5) is 1.18. The number of aliphatic hydroxyl groups is 1. The zero-order chi connectivity index (χ0) is 13.8. The summed E-state index contributed by atoms with van der Waals surface area (Å²) < 4.78 is 2.04. The number of aryl methyl sites for hydroxylation is 2. The Labute approximate surface area is 118 Å². The molecule has 1 heterocycles. The summed E-state index contributed by atoms with van der Waals surface area (Å²) in [6.07, 6.45) is -0.413. The highest BCUT2D eigenvalue weighted by Gasteiger charge is 2.06. The predicted molar refractivity (Wildman–Crippen MR) is 79.3 cm³/mol. The van der Waals surface area contributed by atoms with E-state index < -0.39 is 6.10 Å². The van der Waals surface area contributed by atoms with E-state index >= 15 is 0 Å². The van der Waals surface area contributed by atoms with Crippen LogP contribution < -0.4 is 0 Å². The van der Waals surface area contributed by atoms with Crippen molar-refractivity contribution in [1.82, 2.24) is 9.78 Å². The molecule has 4 heteroatoms. The first-order chi connectivity index (χ1) is 9.10. The molecule has 0 saturated carbocycles. The summed E-state index contributed by atoms with van der Waals surface area (Å²) in [7, 11) is 0. The first kappa shape index (κ1) is 14.2. The van der Waals surface area contributed by atoms with Gasteiger partial charge in [-0.05, 0) is 44.5 Å². The van der Waals surface area contributed by atoms with Crippen molar-refractivity contribution < 1.29 is 5.11 Å². The van der Waals surface area contributed by atoms with Gasteiger partial charge in [-0.15, -0.1) is 11.8 Å². The first-order valence-corrected chi connectivity index (χ1v) is 7.53. The molecule has 1 N–H and O–H groups in total. The second kappa shape index (κ2) is 6.26. The number of rotatable bonds is 5. The number of thioether (sulfide) groups is 1. The van der Waals surface area contributed by atoms with Crippen molar-refractivity contribution in [3.05, 3.63) is 47.3 Å². The van der Waals surface area contributed by atoms with Crippen LogP contribution in [0.1, 0.15) is 36.9 Å². The molecule has 1 atom stereocenters. The van der Waals surface area contributed by atoms with E-state index in [-0.39, 0.29) is 0 Å². The lowest BCUT2D eigenvalue weighted by atomic mass is 10.1. The van der Waals surface area contributed by atoms with Gasteiger partial charge < -0.3 is 5.11 Å². The quantitative estimate of drug-likeness (QED) is 0.849. The molecule has 1 aromatic heterocycles. The first-order valence-electron chi connectivity index (χ1n) is 6.54. The van der Waals surface area contributed by atoms with Crippen LogP contribution in [0.2, 0.25) is 0 Å². The van der Waals surface area contributed by atoms with E-state index in [9.17, 15) is 5.11 Å². The molecule has 0 aliphatic carbocycles. The third kappa shape index (κ3) is 3.61. The molecule has 0 spiro atoms. The van der Waals surface area contributed by atoms with Crippen LogP contribution >= 0.6 is 11.8 Å². The van der Waals surface area contributed by atoms with Crippen LogP contribution in [-0.4, -0.2) is 14.9 Å². The maximum absolute atomic E-state index is 9.60. The molecule has 1 unspecified atom stereocenters. The largest absolute Gasteiger partial charge is 0.389 e. The number of hydrogen-bond donors (Lipinski definition) is 1. The van der Waals surface area contributed by atoms with Crippen LogP contribution in [0, 0.1) is 6.92 Å². The van der Waals surface area contributed by atoms with Gasteiger partial charge in [-0.25, -0.2) is 0 Å². The van der Waals surface area contributed by atoms with E-state index in [0.717, 1.165) is 23.6 Å². The fraction of sp³-hybridized carbons (Fsp3) is 0.400. The zero-order valence-electron chi connectivity index (χ0n) is 11.6.